The summed E-state index contributed by atoms with van der Waals surface area (Å²) < 4.78 is 22.5. The van der Waals surface area contributed by atoms with Gasteiger partial charge in [-0.25, -0.2) is 14.6 Å². The zero-order valence-corrected chi connectivity index (χ0v) is 15.7. The number of methoxy groups -OCH3 is 1. The van der Waals surface area contributed by atoms with Gasteiger partial charge in [-0.3, -0.25) is 4.79 Å². The largest absolute Gasteiger partial charge is 0.479 e. The number of hydrogen-bond acceptors (Lipinski definition) is 5. The van der Waals surface area contributed by atoms with Crippen LogP contribution in [-0.2, 0) is 20.7 Å². The van der Waals surface area contributed by atoms with E-state index in [1.54, 1.807) is 0 Å². The van der Waals surface area contributed by atoms with Crippen molar-refractivity contribution in [1.82, 2.24) is 5.43 Å². The highest BCUT2D eigenvalue weighted by Gasteiger charge is 2.11. The Morgan fingerprint density at radius 3 is 2.41 bits per heavy atom. The Morgan fingerprint density at radius 2 is 1.81 bits per heavy atom. The lowest BCUT2D eigenvalue weighted by atomic mass is 10.1. The van der Waals surface area contributed by atoms with Crippen molar-refractivity contribution < 1.29 is 23.5 Å². The van der Waals surface area contributed by atoms with E-state index < -0.39 is 5.97 Å². The smallest absolute Gasteiger partial charge is 0.343 e. The average Bonchev–Trinajstić information content (AvgIpc) is 2.62. The molecular weight excluding hydrogens is 398 g/mol. The highest BCUT2D eigenvalue weighted by Crippen LogP contribution is 2.33. The molecule has 9 heteroatoms. The van der Waals surface area contributed by atoms with Gasteiger partial charge in [-0.05, 0) is 35.4 Å². The van der Waals surface area contributed by atoms with Crippen molar-refractivity contribution in [2.45, 2.75) is 6.42 Å². The molecule has 0 heterocycles. The molecule has 27 heavy (non-hydrogen) atoms. The lowest BCUT2D eigenvalue weighted by molar-refractivity contribution is -0.142. The summed E-state index contributed by atoms with van der Waals surface area (Å²) in [7, 11) is 1.23. The van der Waals surface area contributed by atoms with Crippen LogP contribution >= 0.6 is 23.2 Å². The maximum atomic E-state index is 12.8. The molecule has 0 saturated carbocycles. The number of nitrogens with zero attached hydrogens (tertiary/aromatic N) is 1. The molecule has 1 amide bonds. The summed E-state index contributed by atoms with van der Waals surface area (Å²) >= 11 is 12.2. The minimum absolute atomic E-state index is 0.0550. The number of carbonyl (C=O) groups excluding carboxylic acids is 2. The number of esters is 1. The van der Waals surface area contributed by atoms with Crippen LogP contribution in [0, 0.1) is 5.82 Å². The number of hydrogen-bond donors (Lipinski definition) is 1. The van der Waals surface area contributed by atoms with E-state index in [-0.39, 0.29) is 40.5 Å². The molecule has 2 aromatic rings. The van der Waals surface area contributed by atoms with Crippen molar-refractivity contribution in [3.63, 3.8) is 0 Å². The number of nitrogens with one attached hydrogen (secondary N) is 1. The quantitative estimate of drug-likeness (QED) is 0.429. The number of ether oxygens (including phenoxy) is 2. The molecule has 0 radical (unpaired) electrons. The summed E-state index contributed by atoms with van der Waals surface area (Å²) in [6, 6.07) is 8.61. The summed E-state index contributed by atoms with van der Waals surface area (Å²) in [5, 5.41) is 4.17. The van der Waals surface area contributed by atoms with Gasteiger partial charge in [0.2, 0.25) is 5.91 Å². The predicted octanol–water partition coefficient (Wildman–Crippen LogP) is 3.38. The first kappa shape index (κ1) is 20.7. The van der Waals surface area contributed by atoms with Crippen molar-refractivity contribution >= 4 is 41.3 Å². The van der Waals surface area contributed by atoms with Gasteiger partial charge in [-0.15, -0.1) is 0 Å². The standard InChI is InChI=1S/C18H15Cl2FN2O4/c1-26-17(25)10-27-18-14(19)6-12(7-15(18)20)9-22-23-16(24)8-11-2-4-13(21)5-3-11/h2-7,9H,8,10H2,1H3,(H,23,24)/b22-9+. The van der Waals surface area contributed by atoms with Crippen molar-refractivity contribution in [2.24, 2.45) is 5.10 Å². The molecule has 1 N–H and O–H groups in total. The summed E-state index contributed by atoms with van der Waals surface area (Å²) in [6.07, 6.45) is 1.41. The molecule has 0 spiro atoms. The Labute approximate surface area is 164 Å². The number of benzene rings is 2. The molecule has 142 valence electrons. The van der Waals surface area contributed by atoms with Gasteiger partial charge in [0, 0.05) is 0 Å². The predicted molar refractivity (Wildman–Crippen MR) is 99.8 cm³/mol. The van der Waals surface area contributed by atoms with Gasteiger partial charge in [0.05, 0.1) is 29.8 Å². The number of rotatable bonds is 7. The van der Waals surface area contributed by atoms with E-state index >= 15 is 0 Å². The van der Waals surface area contributed by atoms with Gasteiger partial charge in [0.1, 0.15) is 5.82 Å². The highest BCUT2D eigenvalue weighted by molar-refractivity contribution is 6.37. The third-order valence-electron chi connectivity index (χ3n) is 3.26. The SMILES string of the molecule is COC(=O)COc1c(Cl)cc(/C=N/NC(=O)Cc2ccc(F)cc2)cc1Cl. The molecule has 0 unspecified atom stereocenters. The zero-order valence-electron chi connectivity index (χ0n) is 14.2. The molecule has 0 aromatic heterocycles. The van der Waals surface area contributed by atoms with Gasteiger partial charge >= 0.3 is 5.97 Å². The molecule has 0 bridgehead atoms. The van der Waals surface area contributed by atoms with Crippen LogP contribution in [0.2, 0.25) is 10.0 Å². The molecular formula is C18H15Cl2FN2O4. The van der Waals surface area contributed by atoms with Crippen molar-refractivity contribution in [2.75, 3.05) is 13.7 Å². The molecule has 0 fully saturated rings. The molecule has 2 aromatic carbocycles. The summed E-state index contributed by atoms with van der Waals surface area (Å²) in [6.45, 7) is -0.331. The summed E-state index contributed by atoms with van der Waals surface area (Å²) in [5.74, 6) is -1.17. The first-order valence-corrected chi connectivity index (χ1v) is 8.39. The Bertz CT molecular complexity index is 834. The van der Waals surface area contributed by atoms with E-state index in [1.165, 1.54) is 49.7 Å². The van der Waals surface area contributed by atoms with Crippen LogP contribution in [0.1, 0.15) is 11.1 Å². The second-order valence-corrected chi connectivity index (χ2v) is 6.09. The number of amides is 1. The van der Waals surface area contributed by atoms with Crippen LogP contribution in [-0.4, -0.2) is 31.8 Å². The van der Waals surface area contributed by atoms with Crippen molar-refractivity contribution in [3.8, 4) is 5.75 Å². The number of halogens is 3. The molecule has 0 aliphatic rings. The summed E-state index contributed by atoms with van der Waals surface area (Å²) in [4.78, 5) is 22.9. The lowest BCUT2D eigenvalue weighted by Crippen LogP contribution is -2.19. The molecule has 0 atom stereocenters. The van der Waals surface area contributed by atoms with Crippen molar-refractivity contribution in [3.05, 3.63) is 63.4 Å². The zero-order chi connectivity index (χ0) is 19.8. The van der Waals surface area contributed by atoms with E-state index in [2.05, 4.69) is 15.3 Å². The van der Waals surface area contributed by atoms with Crippen molar-refractivity contribution in [1.29, 1.82) is 0 Å². The summed E-state index contributed by atoms with van der Waals surface area (Å²) in [5.41, 5.74) is 3.52. The fourth-order valence-corrected chi connectivity index (χ4v) is 2.60. The molecule has 0 saturated heterocycles. The number of carbonyl (C=O) groups is 2. The minimum Gasteiger partial charge on any atom is -0.479 e. The van der Waals surface area contributed by atoms with E-state index in [0.717, 1.165) is 0 Å². The maximum absolute atomic E-state index is 12.8. The van der Waals surface area contributed by atoms with Gasteiger partial charge in [0.15, 0.2) is 12.4 Å². The van der Waals surface area contributed by atoms with E-state index in [9.17, 15) is 14.0 Å². The topological polar surface area (TPSA) is 77.0 Å². The van der Waals surface area contributed by atoms with Gasteiger partial charge < -0.3 is 9.47 Å². The Kier molecular flexibility index (Phi) is 7.57. The van der Waals surface area contributed by atoms with Crippen LogP contribution in [0.4, 0.5) is 4.39 Å². The second-order valence-electron chi connectivity index (χ2n) is 5.27. The fourth-order valence-electron chi connectivity index (χ4n) is 1.99. The second kappa shape index (κ2) is 9.89. The minimum atomic E-state index is -0.573. The Morgan fingerprint density at radius 1 is 1.19 bits per heavy atom. The van der Waals surface area contributed by atoms with E-state index in [0.29, 0.717) is 11.1 Å². The van der Waals surface area contributed by atoms with E-state index in [4.69, 9.17) is 27.9 Å². The maximum Gasteiger partial charge on any atom is 0.343 e. The normalized spacial score (nSPS) is 10.7. The van der Waals surface area contributed by atoms with E-state index in [1.807, 2.05) is 0 Å². The van der Waals surface area contributed by atoms with Crippen LogP contribution in [0.3, 0.4) is 0 Å². The number of hydrazone groups is 1. The molecule has 6 nitrogen and oxygen atoms in total. The highest BCUT2D eigenvalue weighted by atomic mass is 35.5. The molecule has 0 aliphatic carbocycles. The monoisotopic (exact) mass is 412 g/mol. The third kappa shape index (κ3) is 6.54. The van der Waals surface area contributed by atoms with Gasteiger partial charge in [0.25, 0.3) is 0 Å². The van der Waals surface area contributed by atoms with Crippen LogP contribution in [0.25, 0.3) is 0 Å². The molecule has 0 aliphatic heterocycles. The van der Waals surface area contributed by atoms with Gasteiger partial charge in [-0.2, -0.15) is 5.10 Å². The average molecular weight is 413 g/mol. The van der Waals surface area contributed by atoms with Crippen LogP contribution in [0.15, 0.2) is 41.5 Å². The Balaban J connectivity index is 1.95. The van der Waals surface area contributed by atoms with Crippen LogP contribution < -0.4 is 10.2 Å². The first-order chi connectivity index (χ1) is 12.9. The first-order valence-electron chi connectivity index (χ1n) is 7.64. The fraction of sp³-hybridized carbons (Fsp3) is 0.167. The lowest BCUT2D eigenvalue weighted by Gasteiger charge is -2.09. The van der Waals surface area contributed by atoms with Gasteiger partial charge in [-0.1, -0.05) is 35.3 Å². The molecule has 2 rings (SSSR count). The Hall–Kier alpha value is -2.64. The third-order valence-corrected chi connectivity index (χ3v) is 3.82. The van der Waals surface area contributed by atoms with Crippen LogP contribution in [0.5, 0.6) is 5.75 Å².